The molecule has 0 aliphatic carbocycles. The van der Waals surface area contributed by atoms with E-state index in [9.17, 15) is 10.1 Å². The fourth-order valence-electron chi connectivity index (χ4n) is 2.03. The summed E-state index contributed by atoms with van der Waals surface area (Å²) in [6.45, 7) is 2.43. The first-order valence-electron chi connectivity index (χ1n) is 7.02. The third kappa shape index (κ3) is 3.69. The van der Waals surface area contributed by atoms with Crippen LogP contribution < -0.4 is 10.1 Å². The van der Waals surface area contributed by atoms with Crippen molar-refractivity contribution in [2.24, 2.45) is 0 Å². The van der Waals surface area contributed by atoms with Crippen LogP contribution in [0, 0.1) is 10.1 Å². The van der Waals surface area contributed by atoms with Crippen LogP contribution in [0.1, 0.15) is 24.7 Å². The second-order valence-corrected chi connectivity index (χ2v) is 4.69. The first-order valence-corrected chi connectivity index (χ1v) is 7.02. The van der Waals surface area contributed by atoms with Crippen molar-refractivity contribution in [3.8, 4) is 5.88 Å². The number of aromatic nitrogens is 2. The average molecular weight is 302 g/mol. The van der Waals surface area contributed by atoms with Crippen LogP contribution in [0.3, 0.4) is 0 Å². The second kappa shape index (κ2) is 7.35. The van der Waals surface area contributed by atoms with Gasteiger partial charge in [0.1, 0.15) is 5.82 Å². The Labute approximate surface area is 128 Å². The fraction of sp³-hybridized carbons (Fsp3) is 0.333. The molecule has 0 amide bonds. The van der Waals surface area contributed by atoms with Gasteiger partial charge in [-0.15, -0.1) is 0 Å². The molecular formula is C15H18N4O3. The highest BCUT2D eigenvalue weighted by Gasteiger charge is 2.25. The lowest BCUT2D eigenvalue weighted by molar-refractivity contribution is -0.385. The lowest BCUT2D eigenvalue weighted by atomic mass is 10.2. The highest BCUT2D eigenvalue weighted by molar-refractivity contribution is 5.61. The summed E-state index contributed by atoms with van der Waals surface area (Å²) in [5, 5.41) is 14.3. The van der Waals surface area contributed by atoms with E-state index in [0.29, 0.717) is 18.8 Å². The number of rotatable bonds is 7. The Hall–Kier alpha value is -2.70. The van der Waals surface area contributed by atoms with Crippen molar-refractivity contribution in [3.05, 3.63) is 51.8 Å². The molecule has 0 aliphatic rings. The van der Waals surface area contributed by atoms with E-state index in [1.54, 1.807) is 0 Å². The number of anilines is 1. The summed E-state index contributed by atoms with van der Waals surface area (Å²) in [5.74, 6) is 0.698. The number of benzene rings is 1. The number of aryl methyl sites for hydroxylation is 1. The van der Waals surface area contributed by atoms with E-state index in [1.165, 1.54) is 7.11 Å². The van der Waals surface area contributed by atoms with E-state index in [0.717, 1.165) is 12.0 Å². The summed E-state index contributed by atoms with van der Waals surface area (Å²) in [4.78, 5) is 19.1. The van der Waals surface area contributed by atoms with Gasteiger partial charge in [-0.3, -0.25) is 10.1 Å². The number of ether oxygens (including phenoxy) is 1. The topological polar surface area (TPSA) is 90.2 Å². The van der Waals surface area contributed by atoms with Gasteiger partial charge >= 0.3 is 5.69 Å². The Morgan fingerprint density at radius 3 is 2.59 bits per heavy atom. The maximum Gasteiger partial charge on any atom is 0.372 e. The highest BCUT2D eigenvalue weighted by Crippen LogP contribution is 2.32. The maximum atomic E-state index is 11.3. The van der Waals surface area contributed by atoms with Crippen molar-refractivity contribution < 1.29 is 9.66 Å². The molecule has 0 unspecified atom stereocenters. The average Bonchev–Trinajstić information content (AvgIpc) is 2.53. The molecule has 2 aromatic rings. The minimum Gasteiger partial charge on any atom is -0.476 e. The summed E-state index contributed by atoms with van der Waals surface area (Å²) >= 11 is 0. The number of nitrogens with zero attached hydrogens (tertiary/aromatic N) is 3. The molecule has 0 bridgehead atoms. The molecule has 2 rings (SSSR count). The van der Waals surface area contributed by atoms with Gasteiger partial charge in [0.15, 0.2) is 0 Å². The van der Waals surface area contributed by atoms with Gasteiger partial charge in [-0.05, 0) is 12.0 Å². The van der Waals surface area contributed by atoms with Gasteiger partial charge in [0.05, 0.1) is 12.0 Å². The molecule has 0 aliphatic heterocycles. The first-order chi connectivity index (χ1) is 10.7. The van der Waals surface area contributed by atoms with Crippen molar-refractivity contribution in [3.63, 3.8) is 0 Å². The quantitative estimate of drug-likeness (QED) is 0.624. The van der Waals surface area contributed by atoms with Crippen molar-refractivity contribution in [1.82, 2.24) is 9.97 Å². The highest BCUT2D eigenvalue weighted by atomic mass is 16.6. The van der Waals surface area contributed by atoms with Crippen molar-refractivity contribution in [1.29, 1.82) is 0 Å². The molecule has 0 fully saturated rings. The van der Waals surface area contributed by atoms with E-state index >= 15 is 0 Å². The molecule has 7 nitrogen and oxygen atoms in total. The third-order valence-electron chi connectivity index (χ3n) is 3.05. The van der Waals surface area contributed by atoms with Crippen LogP contribution >= 0.6 is 0 Å². The Morgan fingerprint density at radius 2 is 2.00 bits per heavy atom. The number of hydrogen-bond donors (Lipinski definition) is 1. The van der Waals surface area contributed by atoms with Crippen molar-refractivity contribution >= 4 is 11.5 Å². The molecule has 0 saturated carbocycles. The molecule has 0 radical (unpaired) electrons. The van der Waals surface area contributed by atoms with Crippen LogP contribution in [0.15, 0.2) is 30.3 Å². The smallest absolute Gasteiger partial charge is 0.372 e. The molecule has 1 aromatic heterocycles. The Balaban J connectivity index is 2.33. The Kier molecular flexibility index (Phi) is 5.24. The summed E-state index contributed by atoms with van der Waals surface area (Å²) < 4.78 is 5.05. The molecule has 116 valence electrons. The Morgan fingerprint density at radius 1 is 1.27 bits per heavy atom. The molecule has 0 saturated heterocycles. The van der Waals surface area contributed by atoms with Crippen LogP contribution in [0.5, 0.6) is 5.88 Å². The minimum absolute atomic E-state index is 0.0148. The van der Waals surface area contributed by atoms with E-state index in [4.69, 9.17) is 4.74 Å². The summed E-state index contributed by atoms with van der Waals surface area (Å²) in [6, 6.07) is 9.61. The third-order valence-corrected chi connectivity index (χ3v) is 3.05. The van der Waals surface area contributed by atoms with E-state index < -0.39 is 4.92 Å². The van der Waals surface area contributed by atoms with Gasteiger partial charge in [0.25, 0.3) is 5.88 Å². The fourth-order valence-corrected chi connectivity index (χ4v) is 2.03. The van der Waals surface area contributed by atoms with Gasteiger partial charge in [-0.1, -0.05) is 37.3 Å². The summed E-state index contributed by atoms with van der Waals surface area (Å²) in [7, 11) is 1.37. The van der Waals surface area contributed by atoms with Gasteiger partial charge < -0.3 is 10.1 Å². The number of hydrogen-bond acceptors (Lipinski definition) is 6. The zero-order valence-electron chi connectivity index (χ0n) is 12.6. The second-order valence-electron chi connectivity index (χ2n) is 4.69. The molecule has 1 heterocycles. The van der Waals surface area contributed by atoms with Crippen LogP contribution in [-0.4, -0.2) is 22.0 Å². The SMILES string of the molecule is CCCc1nc(NCc2ccccc2)c([N+](=O)[O-])c(OC)n1. The monoisotopic (exact) mass is 302 g/mol. The molecule has 7 heteroatoms. The minimum atomic E-state index is -0.526. The van der Waals surface area contributed by atoms with E-state index in [1.807, 2.05) is 37.3 Å². The predicted octanol–water partition coefficient (Wildman–Crippen LogP) is 2.96. The normalized spacial score (nSPS) is 10.3. The molecule has 1 aromatic carbocycles. The zero-order valence-corrected chi connectivity index (χ0v) is 12.6. The summed E-state index contributed by atoms with van der Waals surface area (Å²) in [6.07, 6.45) is 1.48. The van der Waals surface area contributed by atoms with Gasteiger partial charge in [-0.25, -0.2) is 4.98 Å². The van der Waals surface area contributed by atoms with Gasteiger partial charge in [-0.2, -0.15) is 4.98 Å². The zero-order chi connectivity index (χ0) is 15.9. The van der Waals surface area contributed by atoms with E-state index in [2.05, 4.69) is 15.3 Å². The van der Waals surface area contributed by atoms with Gasteiger partial charge in [0, 0.05) is 13.0 Å². The lowest BCUT2D eigenvalue weighted by Gasteiger charge is -2.10. The molecule has 0 spiro atoms. The van der Waals surface area contributed by atoms with Crippen molar-refractivity contribution in [2.75, 3.05) is 12.4 Å². The van der Waals surface area contributed by atoms with Gasteiger partial charge in [0.2, 0.25) is 5.82 Å². The van der Waals surface area contributed by atoms with Crippen LogP contribution in [0.4, 0.5) is 11.5 Å². The Bertz CT molecular complexity index is 647. The molecule has 0 atom stereocenters. The largest absolute Gasteiger partial charge is 0.476 e. The maximum absolute atomic E-state index is 11.3. The van der Waals surface area contributed by atoms with E-state index in [-0.39, 0.29) is 17.4 Å². The standard InChI is InChI=1S/C15H18N4O3/c1-3-7-12-17-14(13(19(20)21)15(18-12)22-2)16-10-11-8-5-4-6-9-11/h4-6,8-9H,3,7,10H2,1-2H3,(H,16,17,18). The molecule has 22 heavy (non-hydrogen) atoms. The van der Waals surface area contributed by atoms with Crippen LogP contribution in [0.25, 0.3) is 0 Å². The first kappa shape index (κ1) is 15.7. The lowest BCUT2D eigenvalue weighted by Crippen LogP contribution is -2.10. The van der Waals surface area contributed by atoms with Crippen LogP contribution in [-0.2, 0) is 13.0 Å². The van der Waals surface area contributed by atoms with Crippen molar-refractivity contribution in [2.45, 2.75) is 26.3 Å². The number of nitro groups is 1. The number of methoxy groups -OCH3 is 1. The number of nitrogens with one attached hydrogen (secondary N) is 1. The predicted molar refractivity (Wildman–Crippen MR) is 83.0 cm³/mol. The molecular weight excluding hydrogens is 284 g/mol. The summed E-state index contributed by atoms with van der Waals surface area (Å²) in [5.41, 5.74) is 0.768. The molecule has 1 N–H and O–H groups in total. The van der Waals surface area contributed by atoms with Crippen LogP contribution in [0.2, 0.25) is 0 Å².